The number of rotatable bonds is 5. The number of benzene rings is 1. The molecule has 0 bridgehead atoms. The van der Waals surface area contributed by atoms with Gasteiger partial charge in [0.05, 0.1) is 11.5 Å². The van der Waals surface area contributed by atoms with E-state index in [1.54, 1.807) is 6.92 Å². The minimum atomic E-state index is -0.600. The summed E-state index contributed by atoms with van der Waals surface area (Å²) in [5.74, 6) is -0.240. The molecule has 0 unspecified atom stereocenters. The molecule has 0 N–H and O–H groups in total. The largest absolute Gasteiger partial charge is 0.482 e. The number of esters is 1. The lowest BCUT2D eigenvalue weighted by molar-refractivity contribution is -0.384. The first-order valence-corrected chi connectivity index (χ1v) is 5.14. The van der Waals surface area contributed by atoms with Crippen molar-refractivity contribution in [3.8, 4) is 5.75 Å². The molecule has 92 valence electrons. The van der Waals surface area contributed by atoms with Crippen LogP contribution in [0.3, 0.4) is 0 Å². The van der Waals surface area contributed by atoms with Crippen molar-refractivity contribution in [1.29, 1.82) is 0 Å². The number of carbonyl (C=O) groups excluding carboxylic acids is 1. The number of nitrogens with zero attached hydrogens (tertiary/aromatic N) is 1. The predicted molar refractivity (Wildman–Crippen MR) is 60.2 cm³/mol. The van der Waals surface area contributed by atoms with Crippen LogP contribution in [-0.4, -0.2) is 24.1 Å². The Morgan fingerprint density at radius 3 is 2.76 bits per heavy atom. The second kappa shape index (κ2) is 6.05. The minimum absolute atomic E-state index is 0.0450. The Kier molecular flexibility index (Phi) is 4.71. The second-order valence-corrected chi connectivity index (χ2v) is 3.37. The summed E-state index contributed by atoms with van der Waals surface area (Å²) >= 11 is 5.66. The van der Waals surface area contributed by atoms with Crippen LogP contribution in [0.25, 0.3) is 0 Å². The number of nitro groups is 1. The van der Waals surface area contributed by atoms with E-state index < -0.39 is 10.9 Å². The van der Waals surface area contributed by atoms with Gasteiger partial charge < -0.3 is 9.47 Å². The van der Waals surface area contributed by atoms with Crippen LogP contribution in [0.2, 0.25) is 5.02 Å². The summed E-state index contributed by atoms with van der Waals surface area (Å²) in [6.07, 6.45) is 0. The number of halogens is 1. The van der Waals surface area contributed by atoms with E-state index in [9.17, 15) is 14.9 Å². The standard InChI is InChI=1S/C10H10ClNO5/c1-2-16-10(13)6-17-7-3-4-9(12(14)15)8(11)5-7/h3-5H,2,6H2,1H3. The molecule has 0 heterocycles. The van der Waals surface area contributed by atoms with Crippen LogP contribution in [-0.2, 0) is 9.53 Å². The summed E-state index contributed by atoms with van der Waals surface area (Å²) in [6.45, 7) is 1.69. The number of nitro benzene ring substituents is 1. The van der Waals surface area contributed by atoms with Crippen molar-refractivity contribution in [3.63, 3.8) is 0 Å². The van der Waals surface area contributed by atoms with Gasteiger partial charge in [-0.3, -0.25) is 10.1 Å². The minimum Gasteiger partial charge on any atom is -0.482 e. The molecule has 0 aromatic heterocycles. The normalized spacial score (nSPS) is 9.76. The summed E-state index contributed by atoms with van der Waals surface area (Å²) < 4.78 is 9.70. The summed E-state index contributed by atoms with van der Waals surface area (Å²) in [6, 6.07) is 3.85. The summed E-state index contributed by atoms with van der Waals surface area (Å²) in [7, 11) is 0. The lowest BCUT2D eigenvalue weighted by Crippen LogP contribution is -2.14. The number of hydrogen-bond donors (Lipinski definition) is 0. The average molecular weight is 260 g/mol. The van der Waals surface area contributed by atoms with E-state index in [1.165, 1.54) is 18.2 Å². The Hall–Kier alpha value is -1.82. The molecule has 0 spiro atoms. The zero-order valence-corrected chi connectivity index (χ0v) is 9.77. The first-order valence-electron chi connectivity index (χ1n) is 4.77. The molecular formula is C10H10ClNO5. The smallest absolute Gasteiger partial charge is 0.344 e. The van der Waals surface area contributed by atoms with E-state index in [0.29, 0.717) is 0 Å². The zero-order valence-electron chi connectivity index (χ0n) is 9.01. The maximum absolute atomic E-state index is 11.0. The fraction of sp³-hybridized carbons (Fsp3) is 0.300. The molecule has 0 atom stereocenters. The Balaban J connectivity index is 2.65. The van der Waals surface area contributed by atoms with Gasteiger partial charge in [0, 0.05) is 12.1 Å². The van der Waals surface area contributed by atoms with E-state index in [-0.39, 0.29) is 29.7 Å². The Labute approximate surface area is 102 Å². The highest BCUT2D eigenvalue weighted by molar-refractivity contribution is 6.32. The average Bonchev–Trinajstić information content (AvgIpc) is 2.26. The summed E-state index contributed by atoms with van der Waals surface area (Å²) in [4.78, 5) is 20.9. The van der Waals surface area contributed by atoms with Crippen LogP contribution in [0, 0.1) is 10.1 Å². The molecule has 0 saturated heterocycles. The van der Waals surface area contributed by atoms with Gasteiger partial charge in [-0.15, -0.1) is 0 Å². The van der Waals surface area contributed by atoms with Crippen LogP contribution in [0.4, 0.5) is 5.69 Å². The van der Waals surface area contributed by atoms with Gasteiger partial charge in [-0.25, -0.2) is 4.79 Å². The number of hydrogen-bond acceptors (Lipinski definition) is 5. The summed E-state index contributed by atoms with van der Waals surface area (Å²) in [5.41, 5.74) is -0.213. The van der Waals surface area contributed by atoms with Crippen LogP contribution in [0.1, 0.15) is 6.92 Å². The van der Waals surface area contributed by atoms with E-state index in [4.69, 9.17) is 16.3 Å². The van der Waals surface area contributed by atoms with Gasteiger partial charge in [0.15, 0.2) is 6.61 Å². The van der Waals surface area contributed by atoms with Crippen LogP contribution in [0.5, 0.6) is 5.75 Å². The molecule has 17 heavy (non-hydrogen) atoms. The molecule has 0 aliphatic carbocycles. The molecule has 6 nitrogen and oxygen atoms in total. The SMILES string of the molecule is CCOC(=O)COc1ccc([N+](=O)[O-])c(Cl)c1. The number of carbonyl (C=O) groups is 1. The third-order valence-corrected chi connectivity index (χ3v) is 2.08. The van der Waals surface area contributed by atoms with E-state index in [2.05, 4.69) is 4.74 Å². The van der Waals surface area contributed by atoms with Crippen molar-refractivity contribution >= 4 is 23.3 Å². The third kappa shape index (κ3) is 3.92. The van der Waals surface area contributed by atoms with Crippen molar-refractivity contribution in [2.24, 2.45) is 0 Å². The molecule has 1 aromatic carbocycles. The molecule has 7 heteroatoms. The van der Waals surface area contributed by atoms with E-state index in [0.717, 1.165) is 0 Å². The van der Waals surface area contributed by atoms with Crippen LogP contribution in [0.15, 0.2) is 18.2 Å². The molecule has 0 fully saturated rings. The molecule has 0 aliphatic heterocycles. The third-order valence-electron chi connectivity index (χ3n) is 1.78. The van der Waals surface area contributed by atoms with E-state index >= 15 is 0 Å². The first-order chi connectivity index (χ1) is 8.04. The van der Waals surface area contributed by atoms with Crippen LogP contribution < -0.4 is 4.74 Å². The quantitative estimate of drug-likeness (QED) is 0.460. The highest BCUT2D eigenvalue weighted by atomic mass is 35.5. The Morgan fingerprint density at radius 2 is 2.24 bits per heavy atom. The molecule has 0 saturated carbocycles. The molecule has 1 aromatic rings. The van der Waals surface area contributed by atoms with Crippen molar-refractivity contribution in [2.75, 3.05) is 13.2 Å². The first kappa shape index (κ1) is 13.2. The van der Waals surface area contributed by atoms with E-state index in [1.807, 2.05) is 0 Å². The highest BCUT2D eigenvalue weighted by Crippen LogP contribution is 2.28. The summed E-state index contributed by atoms with van der Waals surface area (Å²) in [5, 5.41) is 10.4. The highest BCUT2D eigenvalue weighted by Gasteiger charge is 2.13. The van der Waals surface area contributed by atoms with Crippen molar-refractivity contribution in [2.45, 2.75) is 6.92 Å². The maximum atomic E-state index is 11.0. The second-order valence-electron chi connectivity index (χ2n) is 2.96. The number of ether oxygens (including phenoxy) is 2. The Morgan fingerprint density at radius 1 is 1.53 bits per heavy atom. The Bertz CT molecular complexity index is 435. The molecule has 0 aliphatic rings. The predicted octanol–water partition coefficient (Wildman–Crippen LogP) is 2.19. The molecule has 0 amide bonds. The van der Waals surface area contributed by atoms with Gasteiger partial charge in [-0.1, -0.05) is 11.6 Å². The van der Waals surface area contributed by atoms with Gasteiger partial charge in [-0.2, -0.15) is 0 Å². The monoisotopic (exact) mass is 259 g/mol. The lowest BCUT2D eigenvalue weighted by atomic mass is 10.3. The molecule has 1 rings (SSSR count). The lowest BCUT2D eigenvalue weighted by Gasteiger charge is -2.05. The molecule has 0 radical (unpaired) electrons. The van der Waals surface area contributed by atoms with Crippen molar-refractivity contribution in [3.05, 3.63) is 33.3 Å². The van der Waals surface area contributed by atoms with Gasteiger partial charge in [0.2, 0.25) is 0 Å². The zero-order chi connectivity index (χ0) is 12.8. The van der Waals surface area contributed by atoms with Crippen molar-refractivity contribution in [1.82, 2.24) is 0 Å². The van der Waals surface area contributed by atoms with Gasteiger partial charge in [0.1, 0.15) is 10.8 Å². The van der Waals surface area contributed by atoms with Gasteiger partial charge >= 0.3 is 5.97 Å². The van der Waals surface area contributed by atoms with Crippen molar-refractivity contribution < 1.29 is 19.2 Å². The fourth-order valence-electron chi connectivity index (χ4n) is 1.07. The van der Waals surface area contributed by atoms with Gasteiger partial charge in [0.25, 0.3) is 5.69 Å². The topological polar surface area (TPSA) is 78.7 Å². The van der Waals surface area contributed by atoms with Crippen LogP contribution >= 0.6 is 11.6 Å². The maximum Gasteiger partial charge on any atom is 0.344 e. The molecular weight excluding hydrogens is 250 g/mol. The fourth-order valence-corrected chi connectivity index (χ4v) is 1.31. The van der Waals surface area contributed by atoms with Gasteiger partial charge in [-0.05, 0) is 13.0 Å².